The number of allylic oxidation sites excluding steroid dienone is 1. The van der Waals surface area contributed by atoms with Crippen LogP contribution in [0.5, 0.6) is 0 Å². The number of anilines is 1. The largest absolute Gasteiger partial charge is 0.399 e. The predicted octanol–water partition coefficient (Wildman–Crippen LogP) is 2.40. The number of rotatable bonds is 2. The Kier molecular flexibility index (Phi) is 2.65. The van der Waals surface area contributed by atoms with Crippen molar-refractivity contribution in [1.82, 2.24) is 0 Å². The van der Waals surface area contributed by atoms with E-state index in [9.17, 15) is 4.79 Å². The third kappa shape index (κ3) is 1.74. The standard InChI is InChI=1S/C9H8BrNO/c1-2-9(12)7-4-3-6(11)5-8(7)10/h2-5H,1,11H2. The Hall–Kier alpha value is -1.09. The Labute approximate surface area is 79.2 Å². The van der Waals surface area contributed by atoms with E-state index in [1.165, 1.54) is 6.08 Å². The van der Waals surface area contributed by atoms with Crippen LogP contribution in [0.25, 0.3) is 0 Å². The van der Waals surface area contributed by atoms with Crippen molar-refractivity contribution in [2.24, 2.45) is 0 Å². The maximum Gasteiger partial charge on any atom is 0.186 e. The fourth-order valence-electron chi connectivity index (χ4n) is 0.841. The summed E-state index contributed by atoms with van der Waals surface area (Å²) in [6, 6.07) is 5.04. The smallest absolute Gasteiger partial charge is 0.186 e. The molecule has 12 heavy (non-hydrogen) atoms. The third-order valence-corrected chi connectivity index (χ3v) is 2.10. The lowest BCUT2D eigenvalue weighted by molar-refractivity contribution is 0.104. The lowest BCUT2D eigenvalue weighted by Gasteiger charge is -2.00. The Morgan fingerprint density at radius 2 is 2.25 bits per heavy atom. The second kappa shape index (κ2) is 3.54. The first-order valence-electron chi connectivity index (χ1n) is 3.37. The number of carbonyl (C=O) groups is 1. The minimum atomic E-state index is -0.109. The highest BCUT2D eigenvalue weighted by Gasteiger charge is 2.05. The van der Waals surface area contributed by atoms with Crippen LogP contribution in [0.1, 0.15) is 10.4 Å². The first-order valence-corrected chi connectivity index (χ1v) is 4.16. The molecular weight excluding hydrogens is 218 g/mol. The SMILES string of the molecule is C=CC(=O)c1ccc(N)cc1Br. The molecule has 0 saturated heterocycles. The van der Waals surface area contributed by atoms with E-state index < -0.39 is 0 Å². The molecule has 0 spiro atoms. The monoisotopic (exact) mass is 225 g/mol. The predicted molar refractivity (Wildman–Crippen MR) is 53.1 cm³/mol. The Balaban J connectivity index is 3.18. The van der Waals surface area contributed by atoms with E-state index >= 15 is 0 Å². The van der Waals surface area contributed by atoms with Crippen LogP contribution in [-0.4, -0.2) is 5.78 Å². The average molecular weight is 226 g/mol. The van der Waals surface area contributed by atoms with Crippen molar-refractivity contribution >= 4 is 27.4 Å². The fraction of sp³-hybridized carbons (Fsp3) is 0. The first kappa shape index (κ1) is 9.00. The third-order valence-electron chi connectivity index (χ3n) is 1.44. The van der Waals surface area contributed by atoms with Crippen molar-refractivity contribution in [3.8, 4) is 0 Å². The van der Waals surface area contributed by atoms with Crippen LogP contribution < -0.4 is 5.73 Å². The molecule has 0 aliphatic rings. The zero-order valence-corrected chi connectivity index (χ0v) is 7.97. The van der Waals surface area contributed by atoms with Gasteiger partial charge in [-0.3, -0.25) is 4.79 Å². The molecule has 0 radical (unpaired) electrons. The van der Waals surface area contributed by atoms with Gasteiger partial charge in [0.05, 0.1) is 0 Å². The number of hydrogen-bond acceptors (Lipinski definition) is 2. The number of nitrogen functional groups attached to an aromatic ring is 1. The molecule has 0 atom stereocenters. The van der Waals surface area contributed by atoms with E-state index in [1.807, 2.05) is 0 Å². The van der Waals surface area contributed by atoms with Gasteiger partial charge in [0.15, 0.2) is 5.78 Å². The quantitative estimate of drug-likeness (QED) is 0.478. The van der Waals surface area contributed by atoms with Crippen LogP contribution in [0.4, 0.5) is 5.69 Å². The molecular formula is C9H8BrNO. The van der Waals surface area contributed by atoms with Crippen LogP contribution in [0.2, 0.25) is 0 Å². The van der Waals surface area contributed by atoms with E-state index in [2.05, 4.69) is 22.5 Å². The summed E-state index contributed by atoms with van der Waals surface area (Å²) < 4.78 is 0.701. The average Bonchev–Trinajstić information content (AvgIpc) is 2.03. The molecule has 0 saturated carbocycles. The van der Waals surface area contributed by atoms with Gasteiger partial charge in [-0.15, -0.1) is 0 Å². The van der Waals surface area contributed by atoms with Crippen LogP contribution >= 0.6 is 15.9 Å². The molecule has 1 rings (SSSR count). The van der Waals surface area contributed by atoms with Gasteiger partial charge in [-0.05, 0) is 40.2 Å². The molecule has 0 aliphatic carbocycles. The molecule has 0 aromatic heterocycles. The highest BCUT2D eigenvalue weighted by Crippen LogP contribution is 2.20. The summed E-state index contributed by atoms with van der Waals surface area (Å²) in [6.45, 7) is 3.40. The van der Waals surface area contributed by atoms with Crippen molar-refractivity contribution in [2.75, 3.05) is 5.73 Å². The number of halogens is 1. The summed E-state index contributed by atoms with van der Waals surface area (Å²) in [5.74, 6) is -0.109. The number of hydrogen-bond donors (Lipinski definition) is 1. The van der Waals surface area contributed by atoms with Crippen molar-refractivity contribution in [1.29, 1.82) is 0 Å². The first-order chi connectivity index (χ1) is 5.65. The summed E-state index contributed by atoms with van der Waals surface area (Å²) in [4.78, 5) is 11.2. The number of nitrogens with two attached hydrogens (primary N) is 1. The van der Waals surface area contributed by atoms with Crippen molar-refractivity contribution in [3.05, 3.63) is 40.9 Å². The van der Waals surface area contributed by atoms with Gasteiger partial charge < -0.3 is 5.73 Å². The molecule has 0 fully saturated rings. The Morgan fingerprint density at radius 3 is 2.75 bits per heavy atom. The fourth-order valence-corrected chi connectivity index (χ4v) is 1.43. The highest BCUT2D eigenvalue weighted by atomic mass is 79.9. The summed E-state index contributed by atoms with van der Waals surface area (Å²) >= 11 is 3.24. The molecule has 1 aromatic rings. The topological polar surface area (TPSA) is 43.1 Å². The zero-order valence-electron chi connectivity index (χ0n) is 6.38. The molecule has 3 heteroatoms. The van der Waals surface area contributed by atoms with Crippen LogP contribution in [0, 0.1) is 0 Å². The molecule has 2 nitrogen and oxygen atoms in total. The minimum absolute atomic E-state index is 0.109. The minimum Gasteiger partial charge on any atom is -0.399 e. The molecule has 0 bridgehead atoms. The van der Waals surface area contributed by atoms with Crippen molar-refractivity contribution in [3.63, 3.8) is 0 Å². The van der Waals surface area contributed by atoms with Crippen molar-refractivity contribution < 1.29 is 4.79 Å². The lowest BCUT2D eigenvalue weighted by Crippen LogP contribution is -1.96. The highest BCUT2D eigenvalue weighted by molar-refractivity contribution is 9.10. The lowest BCUT2D eigenvalue weighted by atomic mass is 10.1. The molecule has 0 aliphatic heterocycles. The van der Waals surface area contributed by atoms with Gasteiger partial charge in [-0.2, -0.15) is 0 Å². The van der Waals surface area contributed by atoms with Crippen molar-refractivity contribution in [2.45, 2.75) is 0 Å². The molecule has 0 amide bonds. The van der Waals surface area contributed by atoms with Gasteiger partial charge in [-0.25, -0.2) is 0 Å². The summed E-state index contributed by atoms with van der Waals surface area (Å²) in [7, 11) is 0. The van der Waals surface area contributed by atoms with E-state index in [0.29, 0.717) is 15.7 Å². The van der Waals surface area contributed by atoms with Gasteiger partial charge in [0.25, 0.3) is 0 Å². The molecule has 2 N–H and O–H groups in total. The van der Waals surface area contributed by atoms with Crippen LogP contribution in [-0.2, 0) is 0 Å². The molecule has 1 aromatic carbocycles. The summed E-state index contributed by atoms with van der Waals surface area (Å²) in [5.41, 5.74) is 6.71. The second-order valence-corrected chi connectivity index (χ2v) is 3.16. The maximum atomic E-state index is 11.2. The summed E-state index contributed by atoms with van der Waals surface area (Å²) in [6.07, 6.45) is 1.27. The van der Waals surface area contributed by atoms with Gasteiger partial charge >= 0.3 is 0 Å². The second-order valence-electron chi connectivity index (χ2n) is 2.31. The van der Waals surface area contributed by atoms with Gasteiger partial charge in [0.2, 0.25) is 0 Å². The number of carbonyl (C=O) groups excluding carboxylic acids is 1. The van der Waals surface area contributed by atoms with Gasteiger partial charge in [0, 0.05) is 15.7 Å². The number of ketones is 1. The Bertz CT molecular complexity index is 333. The molecule has 0 heterocycles. The molecule has 0 unspecified atom stereocenters. The van der Waals surface area contributed by atoms with Gasteiger partial charge in [0.1, 0.15) is 0 Å². The van der Waals surface area contributed by atoms with E-state index in [0.717, 1.165) is 0 Å². The normalized spacial score (nSPS) is 9.42. The van der Waals surface area contributed by atoms with E-state index in [1.54, 1.807) is 18.2 Å². The zero-order chi connectivity index (χ0) is 9.14. The number of benzene rings is 1. The maximum absolute atomic E-state index is 11.2. The van der Waals surface area contributed by atoms with Crippen LogP contribution in [0.15, 0.2) is 35.3 Å². The van der Waals surface area contributed by atoms with Gasteiger partial charge in [-0.1, -0.05) is 6.58 Å². The van der Waals surface area contributed by atoms with E-state index in [-0.39, 0.29) is 5.78 Å². The molecule has 62 valence electrons. The van der Waals surface area contributed by atoms with Crippen LogP contribution in [0.3, 0.4) is 0 Å². The Morgan fingerprint density at radius 1 is 1.58 bits per heavy atom. The summed E-state index contributed by atoms with van der Waals surface area (Å²) in [5, 5.41) is 0. The van der Waals surface area contributed by atoms with E-state index in [4.69, 9.17) is 5.73 Å².